The Hall–Kier alpha value is -0.590. The molecule has 18 heavy (non-hydrogen) atoms. The van der Waals surface area contributed by atoms with Crippen LogP contribution < -0.4 is 0 Å². The van der Waals surface area contributed by atoms with Crippen LogP contribution in [-0.2, 0) is 9.53 Å². The van der Waals surface area contributed by atoms with Gasteiger partial charge in [-0.05, 0) is 62.1 Å². The summed E-state index contributed by atoms with van der Waals surface area (Å²) in [5.74, 6) is 0.0686. The maximum absolute atomic E-state index is 11.7. The number of halogens is 1. The number of rotatable bonds is 3. The average Bonchev–Trinajstić information content (AvgIpc) is 2.70. The SMILES string of the molecule is CCOC(=O)[C@H]1CC[C@H](n2cc(I)c(C)n2)CC1. The molecule has 0 bridgehead atoms. The minimum Gasteiger partial charge on any atom is -0.466 e. The number of nitrogens with zero attached hydrogens (tertiary/aromatic N) is 2. The van der Waals surface area contributed by atoms with Gasteiger partial charge in [-0.1, -0.05) is 0 Å². The van der Waals surface area contributed by atoms with Crippen molar-refractivity contribution in [3.8, 4) is 0 Å². The first-order valence-electron chi connectivity index (χ1n) is 6.49. The summed E-state index contributed by atoms with van der Waals surface area (Å²) in [6.45, 7) is 4.37. The Labute approximate surface area is 121 Å². The summed E-state index contributed by atoms with van der Waals surface area (Å²) in [6, 6.07) is 0.442. The first-order valence-corrected chi connectivity index (χ1v) is 7.57. The lowest BCUT2D eigenvalue weighted by molar-refractivity contribution is -0.149. The summed E-state index contributed by atoms with van der Waals surface area (Å²) in [5.41, 5.74) is 1.09. The number of carbonyl (C=O) groups excluding carboxylic acids is 1. The van der Waals surface area contributed by atoms with Crippen molar-refractivity contribution in [2.75, 3.05) is 6.61 Å². The number of hydrogen-bond acceptors (Lipinski definition) is 3. The standard InChI is InChI=1S/C13H19IN2O2/c1-3-18-13(17)10-4-6-11(7-5-10)16-8-12(14)9(2)15-16/h8,10-11H,3-7H2,1-2H3/t10-,11-. The van der Waals surface area contributed by atoms with Gasteiger partial charge in [-0.2, -0.15) is 5.10 Å². The zero-order chi connectivity index (χ0) is 13.1. The fourth-order valence-corrected chi connectivity index (χ4v) is 2.88. The van der Waals surface area contributed by atoms with Crippen molar-refractivity contribution in [3.63, 3.8) is 0 Å². The topological polar surface area (TPSA) is 44.1 Å². The number of hydrogen-bond donors (Lipinski definition) is 0. The van der Waals surface area contributed by atoms with E-state index < -0.39 is 0 Å². The van der Waals surface area contributed by atoms with Crippen LogP contribution in [0.2, 0.25) is 0 Å². The molecule has 5 heteroatoms. The summed E-state index contributed by atoms with van der Waals surface area (Å²) in [5, 5.41) is 4.53. The van der Waals surface area contributed by atoms with Crippen LogP contribution in [0.3, 0.4) is 0 Å². The second-order valence-electron chi connectivity index (χ2n) is 4.80. The summed E-state index contributed by atoms with van der Waals surface area (Å²) < 4.78 is 8.36. The van der Waals surface area contributed by atoms with Crippen molar-refractivity contribution in [1.29, 1.82) is 0 Å². The normalized spacial score (nSPS) is 23.9. The Kier molecular flexibility index (Phi) is 4.64. The lowest BCUT2D eigenvalue weighted by Gasteiger charge is -2.27. The van der Waals surface area contributed by atoms with Crippen molar-refractivity contribution in [2.24, 2.45) is 5.92 Å². The highest BCUT2D eigenvalue weighted by Crippen LogP contribution is 2.33. The Morgan fingerprint density at radius 1 is 1.50 bits per heavy atom. The van der Waals surface area contributed by atoms with Crippen molar-refractivity contribution in [1.82, 2.24) is 9.78 Å². The molecule has 0 spiro atoms. The predicted molar refractivity (Wildman–Crippen MR) is 77.3 cm³/mol. The van der Waals surface area contributed by atoms with Crippen molar-refractivity contribution < 1.29 is 9.53 Å². The predicted octanol–water partition coefficient (Wildman–Crippen LogP) is 3.09. The van der Waals surface area contributed by atoms with Gasteiger partial charge in [0.25, 0.3) is 0 Å². The highest BCUT2D eigenvalue weighted by atomic mass is 127. The molecule has 1 aliphatic rings. The van der Waals surface area contributed by atoms with Gasteiger partial charge in [-0.15, -0.1) is 0 Å². The molecular weight excluding hydrogens is 343 g/mol. The molecule has 0 saturated heterocycles. The van der Waals surface area contributed by atoms with Crippen molar-refractivity contribution >= 4 is 28.6 Å². The van der Waals surface area contributed by atoms with Gasteiger partial charge >= 0.3 is 5.97 Å². The van der Waals surface area contributed by atoms with Crippen LogP contribution in [0.25, 0.3) is 0 Å². The molecule has 4 nitrogen and oxygen atoms in total. The Morgan fingerprint density at radius 2 is 2.17 bits per heavy atom. The molecule has 1 fully saturated rings. The number of aryl methyl sites for hydroxylation is 1. The van der Waals surface area contributed by atoms with E-state index in [0.717, 1.165) is 31.4 Å². The maximum atomic E-state index is 11.7. The molecule has 0 N–H and O–H groups in total. The smallest absolute Gasteiger partial charge is 0.308 e. The molecule has 0 radical (unpaired) electrons. The van der Waals surface area contributed by atoms with E-state index in [1.165, 1.54) is 3.57 Å². The van der Waals surface area contributed by atoms with E-state index in [4.69, 9.17) is 4.74 Å². The number of carbonyl (C=O) groups is 1. The maximum Gasteiger partial charge on any atom is 0.308 e. The molecule has 2 rings (SSSR count). The van der Waals surface area contributed by atoms with Crippen LogP contribution >= 0.6 is 22.6 Å². The van der Waals surface area contributed by atoms with Crippen LogP contribution in [0.1, 0.15) is 44.3 Å². The monoisotopic (exact) mass is 362 g/mol. The summed E-state index contributed by atoms with van der Waals surface area (Å²) >= 11 is 2.31. The third kappa shape index (κ3) is 3.05. The molecule has 0 aliphatic heterocycles. The van der Waals surface area contributed by atoms with Gasteiger partial charge in [0.2, 0.25) is 0 Å². The highest BCUT2D eigenvalue weighted by Gasteiger charge is 2.28. The Morgan fingerprint density at radius 3 is 2.67 bits per heavy atom. The average molecular weight is 362 g/mol. The van der Waals surface area contributed by atoms with Gasteiger partial charge in [-0.25, -0.2) is 0 Å². The molecule has 1 saturated carbocycles. The van der Waals surface area contributed by atoms with Gasteiger partial charge in [0.05, 0.1) is 27.8 Å². The largest absolute Gasteiger partial charge is 0.466 e. The van der Waals surface area contributed by atoms with Crippen LogP contribution in [0.15, 0.2) is 6.20 Å². The summed E-state index contributed by atoms with van der Waals surface area (Å²) in [6.07, 6.45) is 5.96. The van der Waals surface area contributed by atoms with Gasteiger partial charge in [-0.3, -0.25) is 9.48 Å². The number of ether oxygens (including phenoxy) is 1. The van der Waals surface area contributed by atoms with Gasteiger partial charge in [0.15, 0.2) is 0 Å². The lowest BCUT2D eigenvalue weighted by Crippen LogP contribution is -2.25. The molecule has 0 unspecified atom stereocenters. The summed E-state index contributed by atoms with van der Waals surface area (Å²) in [4.78, 5) is 11.7. The molecule has 0 aromatic carbocycles. The van der Waals surface area contributed by atoms with Gasteiger partial charge in [0.1, 0.15) is 0 Å². The van der Waals surface area contributed by atoms with Crippen LogP contribution in [0, 0.1) is 16.4 Å². The zero-order valence-electron chi connectivity index (χ0n) is 10.9. The van der Waals surface area contributed by atoms with E-state index in [-0.39, 0.29) is 11.9 Å². The molecule has 1 aromatic rings. The van der Waals surface area contributed by atoms with E-state index >= 15 is 0 Å². The third-order valence-electron chi connectivity index (χ3n) is 3.55. The molecule has 1 aliphatic carbocycles. The van der Waals surface area contributed by atoms with Crippen molar-refractivity contribution in [3.05, 3.63) is 15.5 Å². The highest BCUT2D eigenvalue weighted by molar-refractivity contribution is 14.1. The lowest BCUT2D eigenvalue weighted by atomic mass is 9.86. The van der Waals surface area contributed by atoms with E-state index in [9.17, 15) is 4.79 Å². The second-order valence-corrected chi connectivity index (χ2v) is 5.96. The number of esters is 1. The van der Waals surface area contributed by atoms with Gasteiger partial charge < -0.3 is 4.74 Å². The molecule has 0 amide bonds. The van der Waals surface area contributed by atoms with E-state index in [1.54, 1.807) is 0 Å². The molecule has 1 aromatic heterocycles. The van der Waals surface area contributed by atoms with E-state index in [1.807, 2.05) is 13.8 Å². The van der Waals surface area contributed by atoms with Gasteiger partial charge in [0, 0.05) is 6.20 Å². The minimum absolute atomic E-state index is 0.0258. The van der Waals surface area contributed by atoms with Crippen LogP contribution in [-0.4, -0.2) is 22.4 Å². The molecule has 1 heterocycles. The minimum atomic E-state index is -0.0258. The Bertz CT molecular complexity index is 403. The summed E-state index contributed by atoms with van der Waals surface area (Å²) in [7, 11) is 0. The fourth-order valence-electron chi connectivity index (χ4n) is 2.48. The quantitative estimate of drug-likeness (QED) is 0.613. The zero-order valence-corrected chi connectivity index (χ0v) is 13.0. The molecular formula is C13H19IN2O2. The fraction of sp³-hybridized carbons (Fsp3) is 0.692. The molecule has 0 atom stereocenters. The van der Waals surface area contributed by atoms with Crippen molar-refractivity contribution in [2.45, 2.75) is 45.6 Å². The van der Waals surface area contributed by atoms with Crippen LogP contribution in [0.4, 0.5) is 0 Å². The first kappa shape index (κ1) is 13.8. The van der Waals surface area contributed by atoms with E-state index in [0.29, 0.717) is 12.6 Å². The number of aromatic nitrogens is 2. The van der Waals surface area contributed by atoms with E-state index in [2.05, 4.69) is 38.6 Å². The third-order valence-corrected chi connectivity index (χ3v) is 4.61. The second kappa shape index (κ2) is 6.04. The van der Waals surface area contributed by atoms with Crippen LogP contribution in [0.5, 0.6) is 0 Å². The Balaban J connectivity index is 1.92. The molecule has 100 valence electrons. The first-order chi connectivity index (χ1) is 8.61.